The Kier molecular flexibility index (Phi) is 6.32. The molecule has 3 rings (SSSR count). The number of aliphatic hydroxyl groups is 1. The Balaban J connectivity index is 1.46. The molecule has 2 aromatic carbocycles. The third-order valence-corrected chi connectivity index (χ3v) is 4.72. The monoisotopic (exact) mass is 388 g/mol. The van der Waals surface area contributed by atoms with Crippen LogP contribution in [0.2, 0.25) is 5.02 Å². The third kappa shape index (κ3) is 4.99. The first-order valence-electron chi connectivity index (χ1n) is 8.72. The topological polar surface area (TPSA) is 70.1 Å². The molecule has 7 heteroatoms. The summed E-state index contributed by atoms with van der Waals surface area (Å²) in [6.45, 7) is 2.04. The Morgan fingerprint density at radius 3 is 2.41 bits per heavy atom. The van der Waals surface area contributed by atoms with Crippen LogP contribution in [0.5, 0.6) is 0 Å². The summed E-state index contributed by atoms with van der Waals surface area (Å²) in [6, 6.07) is 16.1. The van der Waals surface area contributed by atoms with Crippen molar-refractivity contribution in [3.05, 3.63) is 65.2 Å². The molecule has 6 nitrogen and oxygen atoms in total. The van der Waals surface area contributed by atoms with Gasteiger partial charge in [-0.05, 0) is 23.8 Å². The number of nitrogens with zero attached hydrogens (tertiary/aromatic N) is 2. The van der Waals surface area contributed by atoms with E-state index >= 15 is 0 Å². The number of benzene rings is 2. The minimum Gasteiger partial charge on any atom is -0.453 e. The first-order chi connectivity index (χ1) is 13.0. The van der Waals surface area contributed by atoms with E-state index in [2.05, 4.69) is 4.90 Å². The summed E-state index contributed by atoms with van der Waals surface area (Å²) in [4.78, 5) is 28.0. The molecule has 0 spiro atoms. The summed E-state index contributed by atoms with van der Waals surface area (Å²) in [7, 11) is 0. The molecular formula is C20H21ClN2O4. The number of carbonyl (C=O) groups excluding carboxylic acids is 2. The van der Waals surface area contributed by atoms with Crippen molar-refractivity contribution in [2.75, 3.05) is 37.7 Å². The van der Waals surface area contributed by atoms with E-state index in [0.29, 0.717) is 36.8 Å². The number of aliphatic hydroxyl groups excluding tert-OH is 1. The van der Waals surface area contributed by atoms with Gasteiger partial charge in [0.25, 0.3) is 5.91 Å². The molecule has 0 aliphatic carbocycles. The fourth-order valence-corrected chi connectivity index (χ4v) is 3.15. The average molecular weight is 389 g/mol. The highest BCUT2D eigenvalue weighted by Gasteiger charge is 2.24. The number of hydrogen-bond acceptors (Lipinski definition) is 5. The number of hydrogen-bond donors (Lipinski definition) is 1. The van der Waals surface area contributed by atoms with Crippen LogP contribution in [-0.4, -0.2) is 54.7 Å². The van der Waals surface area contributed by atoms with Crippen LogP contribution in [0.4, 0.5) is 5.69 Å². The average Bonchev–Trinajstić information content (AvgIpc) is 2.72. The molecule has 0 bridgehead atoms. The maximum atomic E-state index is 12.3. The lowest BCUT2D eigenvalue weighted by atomic mass is 10.1. The number of rotatable bonds is 5. The highest BCUT2D eigenvalue weighted by molar-refractivity contribution is 6.30. The van der Waals surface area contributed by atoms with Gasteiger partial charge >= 0.3 is 5.97 Å². The zero-order valence-corrected chi connectivity index (χ0v) is 15.5. The van der Waals surface area contributed by atoms with Gasteiger partial charge in [-0.15, -0.1) is 0 Å². The van der Waals surface area contributed by atoms with E-state index in [1.165, 1.54) is 0 Å². The summed E-state index contributed by atoms with van der Waals surface area (Å²) < 4.78 is 4.99. The van der Waals surface area contributed by atoms with Crippen molar-refractivity contribution in [3.63, 3.8) is 0 Å². The normalized spacial score (nSPS) is 15.3. The summed E-state index contributed by atoms with van der Waals surface area (Å²) >= 11 is 6.02. The molecule has 0 saturated carbocycles. The van der Waals surface area contributed by atoms with E-state index in [1.807, 2.05) is 24.3 Å². The first-order valence-corrected chi connectivity index (χ1v) is 9.10. The minimum absolute atomic E-state index is 0.269. The number of halogens is 1. The van der Waals surface area contributed by atoms with E-state index < -0.39 is 12.1 Å². The van der Waals surface area contributed by atoms with Gasteiger partial charge in [-0.25, -0.2) is 4.79 Å². The molecule has 1 aliphatic heterocycles. The van der Waals surface area contributed by atoms with Gasteiger partial charge in [0, 0.05) is 36.9 Å². The molecule has 27 heavy (non-hydrogen) atoms. The Hall–Kier alpha value is -2.57. The predicted molar refractivity (Wildman–Crippen MR) is 103 cm³/mol. The largest absolute Gasteiger partial charge is 0.453 e. The lowest BCUT2D eigenvalue weighted by molar-refractivity contribution is -0.159. The third-order valence-electron chi connectivity index (χ3n) is 4.48. The lowest BCUT2D eigenvalue weighted by Crippen LogP contribution is -2.50. The molecular weight excluding hydrogens is 368 g/mol. The molecule has 0 radical (unpaired) electrons. The molecule has 142 valence electrons. The van der Waals surface area contributed by atoms with E-state index in [9.17, 15) is 14.7 Å². The van der Waals surface area contributed by atoms with Crippen molar-refractivity contribution in [1.29, 1.82) is 0 Å². The highest BCUT2D eigenvalue weighted by Crippen LogP contribution is 2.21. The standard InChI is InChI=1S/C20H21ClN2O4/c21-16-7-4-8-17(13-16)22-9-11-23(12-10-22)18(24)14-27-20(26)19(25)15-5-2-1-3-6-15/h1-8,13,19,25H,9-12,14H2/t19-/m1/s1. The van der Waals surface area contributed by atoms with Crippen LogP contribution < -0.4 is 4.90 Å². The van der Waals surface area contributed by atoms with Gasteiger partial charge < -0.3 is 19.6 Å². The van der Waals surface area contributed by atoms with Gasteiger partial charge in [-0.2, -0.15) is 0 Å². The molecule has 1 aliphatic rings. The van der Waals surface area contributed by atoms with Crippen LogP contribution in [0.25, 0.3) is 0 Å². The molecule has 1 N–H and O–H groups in total. The van der Waals surface area contributed by atoms with Gasteiger partial charge in [0.05, 0.1) is 0 Å². The summed E-state index contributed by atoms with van der Waals surface area (Å²) in [5.41, 5.74) is 1.46. The minimum atomic E-state index is -1.39. The van der Waals surface area contributed by atoms with Crippen molar-refractivity contribution < 1.29 is 19.4 Å². The number of piperazine rings is 1. The van der Waals surface area contributed by atoms with Crippen molar-refractivity contribution in [2.24, 2.45) is 0 Å². The molecule has 1 saturated heterocycles. The SMILES string of the molecule is O=C(OCC(=O)N1CCN(c2cccc(Cl)c2)CC1)[C@H](O)c1ccccc1. The maximum absolute atomic E-state index is 12.3. The van der Waals surface area contributed by atoms with Crippen LogP contribution in [0, 0.1) is 0 Å². The van der Waals surface area contributed by atoms with Gasteiger partial charge in [0.1, 0.15) is 0 Å². The van der Waals surface area contributed by atoms with Crippen LogP contribution in [0.3, 0.4) is 0 Å². The van der Waals surface area contributed by atoms with Crippen molar-refractivity contribution in [3.8, 4) is 0 Å². The number of ether oxygens (including phenoxy) is 1. The Labute approximate surface area is 162 Å². The lowest BCUT2D eigenvalue weighted by Gasteiger charge is -2.36. The summed E-state index contributed by atoms with van der Waals surface area (Å²) in [5, 5.41) is 10.7. The Bertz CT molecular complexity index is 792. The predicted octanol–water partition coefficient (Wildman–Crippen LogP) is 2.27. The van der Waals surface area contributed by atoms with Crippen LogP contribution in [-0.2, 0) is 14.3 Å². The molecule has 2 aromatic rings. The van der Waals surface area contributed by atoms with Crippen molar-refractivity contribution >= 4 is 29.2 Å². The molecule has 0 aromatic heterocycles. The first kappa shape index (κ1) is 19.2. The van der Waals surface area contributed by atoms with Crippen molar-refractivity contribution in [1.82, 2.24) is 4.90 Å². The Morgan fingerprint density at radius 2 is 1.74 bits per heavy atom. The molecule has 0 unspecified atom stereocenters. The maximum Gasteiger partial charge on any atom is 0.340 e. The van der Waals surface area contributed by atoms with E-state index in [1.54, 1.807) is 35.2 Å². The van der Waals surface area contributed by atoms with Crippen LogP contribution in [0.1, 0.15) is 11.7 Å². The van der Waals surface area contributed by atoms with Crippen LogP contribution in [0.15, 0.2) is 54.6 Å². The van der Waals surface area contributed by atoms with Gasteiger partial charge in [-0.3, -0.25) is 4.79 Å². The molecule has 1 atom stereocenters. The van der Waals surface area contributed by atoms with Gasteiger partial charge in [0.2, 0.25) is 0 Å². The highest BCUT2D eigenvalue weighted by atomic mass is 35.5. The van der Waals surface area contributed by atoms with Crippen molar-refractivity contribution in [2.45, 2.75) is 6.10 Å². The summed E-state index contributed by atoms with van der Waals surface area (Å²) in [5.74, 6) is -1.10. The zero-order valence-electron chi connectivity index (χ0n) is 14.8. The number of carbonyl (C=O) groups is 2. The number of esters is 1. The second-order valence-electron chi connectivity index (χ2n) is 6.27. The fraction of sp³-hybridized carbons (Fsp3) is 0.300. The number of anilines is 1. The molecule has 1 heterocycles. The quantitative estimate of drug-likeness (QED) is 0.796. The van der Waals surface area contributed by atoms with E-state index in [4.69, 9.17) is 16.3 Å². The van der Waals surface area contributed by atoms with E-state index in [0.717, 1.165) is 5.69 Å². The molecule has 1 amide bonds. The smallest absolute Gasteiger partial charge is 0.340 e. The second kappa shape index (κ2) is 8.88. The fourth-order valence-electron chi connectivity index (χ4n) is 2.96. The zero-order chi connectivity index (χ0) is 19.2. The van der Waals surface area contributed by atoms with E-state index in [-0.39, 0.29) is 12.5 Å². The second-order valence-corrected chi connectivity index (χ2v) is 6.71. The molecule has 1 fully saturated rings. The van der Waals surface area contributed by atoms with Gasteiger partial charge in [-0.1, -0.05) is 48.0 Å². The number of amides is 1. The van der Waals surface area contributed by atoms with Crippen LogP contribution >= 0.6 is 11.6 Å². The summed E-state index contributed by atoms with van der Waals surface area (Å²) in [6.07, 6.45) is -1.39. The van der Waals surface area contributed by atoms with Gasteiger partial charge in [0.15, 0.2) is 12.7 Å². The Morgan fingerprint density at radius 1 is 1.04 bits per heavy atom.